The van der Waals surface area contributed by atoms with Crippen molar-refractivity contribution in [2.24, 2.45) is 0 Å². The topological polar surface area (TPSA) is 101 Å². The lowest BCUT2D eigenvalue weighted by atomic mass is 9.81. The van der Waals surface area contributed by atoms with Crippen LogP contribution in [-0.4, -0.2) is 37.1 Å². The van der Waals surface area contributed by atoms with Gasteiger partial charge < -0.3 is 10.0 Å². The second kappa shape index (κ2) is 20.0. The molecule has 58 heavy (non-hydrogen) atoms. The molecular weight excluding hydrogens is 786 g/mol. The lowest BCUT2D eigenvalue weighted by molar-refractivity contribution is 0.426. The van der Waals surface area contributed by atoms with Gasteiger partial charge in [-0.25, -0.2) is 29.6 Å². The largest absolute Gasteiger partial charge is 0.488 e. The van der Waals surface area contributed by atoms with Gasteiger partial charge >= 0.3 is 7.12 Å². The molecule has 8 rings (SSSR count). The molecule has 12 heteroatoms. The van der Waals surface area contributed by atoms with E-state index in [4.69, 9.17) is 68.0 Å². The second-order valence-corrected chi connectivity index (χ2v) is 13.6. The van der Waals surface area contributed by atoms with Crippen LogP contribution in [0.2, 0.25) is 15.3 Å². The number of halogens is 3. The van der Waals surface area contributed by atoms with Crippen molar-refractivity contribution in [2.75, 3.05) is 0 Å². The standard InChI is InChI=1S/C23H14ClN3.C17H10ClN3.C6H6BClO2/c1-25-20-13-9-17(10-14-20)22-15-21(16-5-3-2-4-6-16)26-23(27-22)18-7-11-19(24)12-8-18;1-19-14-9-7-13(8-10-14)16-11-15(20-17(18)21-16)12-5-3-2-4-6-12;8-6-3-1-5(2-4-6)7(9)10/h2-15H;2-11H;1-4,9-10H. The van der Waals surface area contributed by atoms with Gasteiger partial charge in [-0.1, -0.05) is 145 Å². The monoisotopic (exact) mass is 814 g/mol. The summed E-state index contributed by atoms with van der Waals surface area (Å²) in [6.45, 7) is 14.1. The molecule has 0 radical (unpaired) electrons. The highest BCUT2D eigenvalue weighted by atomic mass is 35.5. The molecule has 8 aromatic rings. The van der Waals surface area contributed by atoms with Gasteiger partial charge in [-0.2, -0.15) is 0 Å². The molecule has 280 valence electrons. The van der Waals surface area contributed by atoms with E-state index < -0.39 is 7.12 Å². The zero-order valence-corrected chi connectivity index (χ0v) is 32.7. The van der Waals surface area contributed by atoms with Crippen LogP contribution in [0.25, 0.3) is 66.1 Å². The molecule has 0 unspecified atom stereocenters. The lowest BCUT2D eigenvalue weighted by Crippen LogP contribution is -2.29. The van der Waals surface area contributed by atoms with Gasteiger partial charge in [0.15, 0.2) is 17.2 Å². The first-order valence-electron chi connectivity index (χ1n) is 17.6. The summed E-state index contributed by atoms with van der Waals surface area (Å²) in [6, 6.07) is 52.2. The summed E-state index contributed by atoms with van der Waals surface area (Å²) < 4.78 is 0. The zero-order valence-electron chi connectivity index (χ0n) is 30.5. The summed E-state index contributed by atoms with van der Waals surface area (Å²) in [5.41, 5.74) is 9.59. The predicted molar refractivity (Wildman–Crippen MR) is 235 cm³/mol. The third-order valence-corrected chi connectivity index (χ3v) is 9.09. The van der Waals surface area contributed by atoms with E-state index in [9.17, 15) is 0 Å². The molecule has 0 fully saturated rings. The molecule has 8 nitrogen and oxygen atoms in total. The smallest absolute Gasteiger partial charge is 0.423 e. The predicted octanol–water partition coefficient (Wildman–Crippen LogP) is 11.7. The summed E-state index contributed by atoms with van der Waals surface area (Å²) in [5.74, 6) is 0.636. The summed E-state index contributed by atoms with van der Waals surface area (Å²) >= 11 is 17.6. The van der Waals surface area contributed by atoms with E-state index in [0.29, 0.717) is 32.7 Å². The number of benzene rings is 6. The molecule has 0 amide bonds. The average Bonchev–Trinajstić information content (AvgIpc) is 3.27. The minimum atomic E-state index is -1.41. The molecule has 0 atom stereocenters. The quantitative estimate of drug-likeness (QED) is 0.0985. The molecule has 0 saturated heterocycles. The Balaban J connectivity index is 0.000000162. The Kier molecular flexibility index (Phi) is 14.1. The maximum absolute atomic E-state index is 8.63. The number of aromatic nitrogens is 4. The van der Waals surface area contributed by atoms with Crippen molar-refractivity contribution in [3.05, 3.63) is 208 Å². The Labute approximate surface area is 351 Å². The number of rotatable bonds is 6. The molecule has 0 aliphatic carbocycles. The summed E-state index contributed by atoms with van der Waals surface area (Å²) in [6.07, 6.45) is 0. The third-order valence-electron chi connectivity index (χ3n) is 8.42. The summed E-state index contributed by atoms with van der Waals surface area (Å²) in [7, 11) is -1.41. The van der Waals surface area contributed by atoms with Crippen molar-refractivity contribution in [3.8, 4) is 56.4 Å². The molecule has 0 aliphatic heterocycles. The first kappa shape index (κ1) is 41.0. The fourth-order valence-electron chi connectivity index (χ4n) is 5.45. The maximum atomic E-state index is 8.63. The van der Waals surface area contributed by atoms with Crippen molar-refractivity contribution in [2.45, 2.75) is 0 Å². The van der Waals surface area contributed by atoms with E-state index >= 15 is 0 Å². The van der Waals surface area contributed by atoms with E-state index in [-0.39, 0.29) is 5.28 Å². The molecule has 2 N–H and O–H groups in total. The van der Waals surface area contributed by atoms with E-state index in [1.54, 1.807) is 48.5 Å². The van der Waals surface area contributed by atoms with Crippen molar-refractivity contribution >= 4 is 58.8 Å². The molecule has 2 heterocycles. The van der Waals surface area contributed by atoms with E-state index in [1.807, 2.05) is 121 Å². The van der Waals surface area contributed by atoms with E-state index in [1.165, 1.54) is 0 Å². The Morgan fingerprint density at radius 2 is 0.759 bits per heavy atom. The number of hydrogen-bond acceptors (Lipinski definition) is 6. The maximum Gasteiger partial charge on any atom is 0.488 e. The van der Waals surface area contributed by atoms with Crippen molar-refractivity contribution in [1.82, 2.24) is 19.9 Å². The van der Waals surface area contributed by atoms with Crippen molar-refractivity contribution in [3.63, 3.8) is 0 Å². The van der Waals surface area contributed by atoms with Gasteiger partial charge in [0.1, 0.15) is 0 Å². The normalized spacial score (nSPS) is 10.1. The fourth-order valence-corrected chi connectivity index (χ4v) is 5.88. The van der Waals surface area contributed by atoms with Gasteiger partial charge in [-0.3, -0.25) is 0 Å². The fraction of sp³-hybridized carbons (Fsp3) is 0. The zero-order chi connectivity index (χ0) is 40.9. The van der Waals surface area contributed by atoms with Crippen LogP contribution in [-0.2, 0) is 0 Å². The van der Waals surface area contributed by atoms with Gasteiger partial charge in [0.05, 0.1) is 35.9 Å². The van der Waals surface area contributed by atoms with Crippen LogP contribution in [0, 0.1) is 13.1 Å². The van der Waals surface area contributed by atoms with Gasteiger partial charge in [0, 0.05) is 26.7 Å². The molecule has 0 spiro atoms. The lowest BCUT2D eigenvalue weighted by Gasteiger charge is -2.09. The SMILES string of the molecule is OB(O)c1ccc(Cl)cc1.[C-]#[N+]c1ccc(-c2cc(-c3ccccc3)nc(-c3ccc(Cl)cc3)n2)cc1.[C-]#[N+]c1ccc(-c2cc(-c3ccccc3)nc(Cl)n2)cc1. The van der Waals surface area contributed by atoms with Crippen LogP contribution in [0.5, 0.6) is 0 Å². The summed E-state index contributed by atoms with van der Waals surface area (Å²) in [5, 5.41) is 18.7. The molecule has 0 bridgehead atoms. The molecule has 0 saturated carbocycles. The molecule has 2 aromatic heterocycles. The summed E-state index contributed by atoms with van der Waals surface area (Å²) in [4.78, 5) is 24.9. The Morgan fingerprint density at radius 3 is 1.14 bits per heavy atom. The highest BCUT2D eigenvalue weighted by Gasteiger charge is 2.12. The Hall–Kier alpha value is -6.69. The van der Waals surface area contributed by atoms with Crippen LogP contribution in [0.15, 0.2) is 170 Å². The average molecular weight is 816 g/mol. The van der Waals surface area contributed by atoms with E-state index in [0.717, 1.165) is 50.6 Å². The second-order valence-electron chi connectivity index (χ2n) is 12.4. The van der Waals surface area contributed by atoms with Crippen molar-refractivity contribution < 1.29 is 10.0 Å². The van der Waals surface area contributed by atoms with Crippen LogP contribution in [0.3, 0.4) is 0 Å². The number of hydrogen-bond donors (Lipinski definition) is 2. The van der Waals surface area contributed by atoms with Gasteiger partial charge in [0.25, 0.3) is 0 Å². The van der Waals surface area contributed by atoms with E-state index in [2.05, 4.69) is 19.7 Å². The van der Waals surface area contributed by atoms with Crippen LogP contribution < -0.4 is 5.46 Å². The first-order chi connectivity index (χ1) is 28.2. The molecular formula is C46H30BCl3N6O2. The Morgan fingerprint density at radius 1 is 0.414 bits per heavy atom. The minimum absolute atomic E-state index is 0.209. The van der Waals surface area contributed by atoms with Gasteiger partial charge in [0.2, 0.25) is 5.28 Å². The highest BCUT2D eigenvalue weighted by molar-refractivity contribution is 6.58. The van der Waals surface area contributed by atoms with Gasteiger partial charge in [-0.05, 0) is 76.7 Å². The minimum Gasteiger partial charge on any atom is -0.423 e. The third kappa shape index (κ3) is 11.2. The molecule has 6 aromatic carbocycles. The van der Waals surface area contributed by atoms with Crippen molar-refractivity contribution in [1.29, 1.82) is 0 Å². The van der Waals surface area contributed by atoms with Gasteiger partial charge in [-0.15, -0.1) is 0 Å². The van der Waals surface area contributed by atoms with Crippen LogP contribution >= 0.6 is 34.8 Å². The molecule has 0 aliphatic rings. The first-order valence-corrected chi connectivity index (χ1v) is 18.7. The van der Waals surface area contributed by atoms with Crippen LogP contribution in [0.1, 0.15) is 0 Å². The highest BCUT2D eigenvalue weighted by Crippen LogP contribution is 2.30. The Bertz CT molecular complexity index is 2670. The number of nitrogens with zero attached hydrogens (tertiary/aromatic N) is 6. The van der Waals surface area contributed by atoms with Crippen LogP contribution in [0.4, 0.5) is 11.4 Å².